The first-order valence-corrected chi connectivity index (χ1v) is 7.79. The van der Waals surface area contributed by atoms with Gasteiger partial charge in [0.2, 0.25) is 0 Å². The van der Waals surface area contributed by atoms with Crippen molar-refractivity contribution in [3.05, 3.63) is 60.0 Å². The Kier molecular flexibility index (Phi) is 3.30. The van der Waals surface area contributed by atoms with Crippen LogP contribution in [0.1, 0.15) is 11.3 Å². The number of rotatable bonds is 3. The van der Waals surface area contributed by atoms with Crippen LogP contribution in [0.15, 0.2) is 48.8 Å². The second kappa shape index (κ2) is 5.49. The number of hydrogen-bond acceptors (Lipinski definition) is 4. The van der Waals surface area contributed by atoms with Gasteiger partial charge < -0.3 is 9.88 Å². The maximum atomic E-state index is 4.69. The van der Waals surface area contributed by atoms with Crippen LogP contribution in [-0.2, 0) is 7.05 Å². The van der Waals surface area contributed by atoms with Crippen LogP contribution < -0.4 is 5.32 Å². The average Bonchev–Trinajstić information content (AvgIpc) is 3.14. The van der Waals surface area contributed by atoms with E-state index >= 15 is 0 Å². The minimum atomic E-state index is 0.549. The van der Waals surface area contributed by atoms with Crippen molar-refractivity contribution in [2.75, 3.05) is 5.32 Å². The summed E-state index contributed by atoms with van der Waals surface area (Å²) in [6.45, 7) is 4.02. The van der Waals surface area contributed by atoms with Crippen molar-refractivity contribution in [2.45, 2.75) is 13.8 Å². The van der Waals surface area contributed by atoms with Crippen molar-refractivity contribution < 1.29 is 0 Å². The lowest BCUT2D eigenvalue weighted by atomic mass is 10.2. The Morgan fingerprint density at radius 2 is 1.88 bits per heavy atom. The zero-order valence-corrected chi connectivity index (χ0v) is 13.9. The Bertz CT molecular complexity index is 1030. The van der Waals surface area contributed by atoms with Crippen LogP contribution in [0.25, 0.3) is 17.0 Å². The molecule has 6 nitrogen and oxygen atoms in total. The Hall–Kier alpha value is -3.15. The molecule has 0 saturated carbocycles. The van der Waals surface area contributed by atoms with E-state index in [1.165, 1.54) is 5.56 Å². The molecule has 0 fully saturated rings. The van der Waals surface area contributed by atoms with Gasteiger partial charge in [0.05, 0.1) is 11.1 Å². The molecule has 0 aliphatic rings. The van der Waals surface area contributed by atoms with E-state index in [-0.39, 0.29) is 0 Å². The smallest absolute Gasteiger partial charge is 0.254 e. The van der Waals surface area contributed by atoms with Crippen molar-refractivity contribution in [1.29, 1.82) is 0 Å². The van der Waals surface area contributed by atoms with Gasteiger partial charge in [0.1, 0.15) is 11.5 Å². The molecule has 1 aromatic carbocycles. The number of aromatic nitrogens is 5. The minimum absolute atomic E-state index is 0.549. The molecular formula is C18H18N6. The summed E-state index contributed by atoms with van der Waals surface area (Å²) < 4.78 is 3.68. The largest absolute Gasteiger partial charge is 0.339 e. The molecule has 3 aromatic heterocycles. The molecule has 0 saturated heterocycles. The van der Waals surface area contributed by atoms with E-state index in [1.807, 2.05) is 55.2 Å². The van der Waals surface area contributed by atoms with Crippen molar-refractivity contribution in [1.82, 2.24) is 24.3 Å². The zero-order chi connectivity index (χ0) is 16.7. The van der Waals surface area contributed by atoms with E-state index in [0.29, 0.717) is 5.95 Å². The van der Waals surface area contributed by atoms with Crippen LogP contribution in [0, 0.1) is 13.8 Å². The van der Waals surface area contributed by atoms with E-state index in [1.54, 1.807) is 4.68 Å². The van der Waals surface area contributed by atoms with Gasteiger partial charge in [-0.3, -0.25) is 0 Å². The molecule has 24 heavy (non-hydrogen) atoms. The Morgan fingerprint density at radius 1 is 1.00 bits per heavy atom. The SMILES string of the molecule is Cc1cccc(Nc2nc(-n3ccc(C)n3)nc3c2ccn3C)c1. The Balaban J connectivity index is 1.86. The van der Waals surface area contributed by atoms with Gasteiger partial charge in [-0.1, -0.05) is 12.1 Å². The van der Waals surface area contributed by atoms with E-state index in [0.717, 1.165) is 28.2 Å². The molecule has 0 spiro atoms. The van der Waals surface area contributed by atoms with Gasteiger partial charge in [0.25, 0.3) is 5.95 Å². The van der Waals surface area contributed by atoms with Gasteiger partial charge in [0.15, 0.2) is 0 Å². The molecule has 6 heteroatoms. The molecule has 4 aromatic rings. The van der Waals surface area contributed by atoms with Gasteiger partial charge in [-0.25, -0.2) is 4.68 Å². The molecule has 0 atom stereocenters. The summed E-state index contributed by atoms with van der Waals surface area (Å²) in [5, 5.41) is 8.81. The van der Waals surface area contributed by atoms with Crippen LogP contribution in [0.5, 0.6) is 0 Å². The maximum Gasteiger partial charge on any atom is 0.254 e. The highest BCUT2D eigenvalue weighted by Crippen LogP contribution is 2.25. The van der Waals surface area contributed by atoms with Gasteiger partial charge in [-0.15, -0.1) is 0 Å². The van der Waals surface area contributed by atoms with Gasteiger partial charge in [0, 0.05) is 25.1 Å². The lowest BCUT2D eigenvalue weighted by Gasteiger charge is -2.10. The number of nitrogens with zero attached hydrogens (tertiary/aromatic N) is 5. The monoisotopic (exact) mass is 318 g/mol. The summed E-state index contributed by atoms with van der Waals surface area (Å²) in [5.74, 6) is 1.32. The number of nitrogens with one attached hydrogen (secondary N) is 1. The lowest BCUT2D eigenvalue weighted by molar-refractivity contribution is 0.798. The molecule has 120 valence electrons. The maximum absolute atomic E-state index is 4.69. The van der Waals surface area contributed by atoms with E-state index in [9.17, 15) is 0 Å². The second-order valence-electron chi connectivity index (χ2n) is 5.93. The highest BCUT2D eigenvalue weighted by Gasteiger charge is 2.12. The standard InChI is InChI=1S/C18H18N6/c1-12-5-4-6-14(11-12)19-16-15-8-9-23(3)17(15)21-18(20-16)24-10-7-13(2)22-24/h4-11H,1-3H3,(H,19,20,21). The third-order valence-electron chi connectivity index (χ3n) is 3.92. The normalized spacial score (nSPS) is 11.1. The summed E-state index contributed by atoms with van der Waals surface area (Å²) in [6.07, 6.45) is 3.86. The van der Waals surface area contributed by atoms with Gasteiger partial charge in [-0.05, 0) is 43.7 Å². The van der Waals surface area contributed by atoms with Crippen molar-refractivity contribution in [3.63, 3.8) is 0 Å². The molecule has 0 bridgehead atoms. The van der Waals surface area contributed by atoms with Crippen LogP contribution in [0.4, 0.5) is 11.5 Å². The first kappa shape index (κ1) is 14.4. The van der Waals surface area contributed by atoms with Crippen LogP contribution in [-0.4, -0.2) is 24.3 Å². The van der Waals surface area contributed by atoms with E-state index in [2.05, 4.69) is 39.4 Å². The molecule has 0 aliphatic heterocycles. The van der Waals surface area contributed by atoms with Crippen molar-refractivity contribution in [3.8, 4) is 5.95 Å². The fourth-order valence-electron chi connectivity index (χ4n) is 2.71. The quantitative estimate of drug-likeness (QED) is 0.628. The predicted octanol–water partition coefficient (Wildman–Crippen LogP) is 3.51. The highest BCUT2D eigenvalue weighted by molar-refractivity contribution is 5.90. The third kappa shape index (κ3) is 2.52. The van der Waals surface area contributed by atoms with Gasteiger partial charge >= 0.3 is 0 Å². The number of anilines is 2. The number of benzene rings is 1. The average molecular weight is 318 g/mol. The molecule has 0 unspecified atom stereocenters. The van der Waals surface area contributed by atoms with Crippen molar-refractivity contribution in [2.24, 2.45) is 7.05 Å². The molecule has 0 radical (unpaired) electrons. The first-order valence-electron chi connectivity index (χ1n) is 7.79. The van der Waals surface area contributed by atoms with E-state index in [4.69, 9.17) is 0 Å². The third-order valence-corrected chi connectivity index (χ3v) is 3.92. The van der Waals surface area contributed by atoms with Crippen LogP contribution in [0.3, 0.4) is 0 Å². The number of aryl methyl sites for hydroxylation is 3. The highest BCUT2D eigenvalue weighted by atomic mass is 15.4. The summed E-state index contributed by atoms with van der Waals surface area (Å²) in [6, 6.07) is 12.2. The van der Waals surface area contributed by atoms with Crippen LogP contribution >= 0.6 is 0 Å². The van der Waals surface area contributed by atoms with Crippen LogP contribution in [0.2, 0.25) is 0 Å². The molecule has 0 aliphatic carbocycles. The predicted molar refractivity (Wildman–Crippen MR) is 94.8 cm³/mol. The molecule has 3 heterocycles. The fraction of sp³-hybridized carbons (Fsp3) is 0.167. The number of fused-ring (bicyclic) bond motifs is 1. The zero-order valence-electron chi connectivity index (χ0n) is 13.9. The molecular weight excluding hydrogens is 300 g/mol. The summed E-state index contributed by atoms with van der Waals surface area (Å²) in [4.78, 5) is 9.34. The summed E-state index contributed by atoms with van der Waals surface area (Å²) in [5.41, 5.74) is 3.99. The number of hydrogen-bond donors (Lipinski definition) is 1. The van der Waals surface area contributed by atoms with Gasteiger partial charge in [-0.2, -0.15) is 15.1 Å². The van der Waals surface area contributed by atoms with Crippen molar-refractivity contribution >= 4 is 22.5 Å². The topological polar surface area (TPSA) is 60.6 Å². The van der Waals surface area contributed by atoms with E-state index < -0.39 is 0 Å². The molecule has 0 amide bonds. The molecule has 1 N–H and O–H groups in total. The summed E-state index contributed by atoms with van der Waals surface area (Å²) in [7, 11) is 1.98. The molecule has 4 rings (SSSR count). The first-order chi connectivity index (χ1) is 11.6. The minimum Gasteiger partial charge on any atom is -0.339 e. The second-order valence-corrected chi connectivity index (χ2v) is 5.93. The Morgan fingerprint density at radius 3 is 2.62 bits per heavy atom. The summed E-state index contributed by atoms with van der Waals surface area (Å²) >= 11 is 0. The fourth-order valence-corrected chi connectivity index (χ4v) is 2.71. The lowest BCUT2D eigenvalue weighted by Crippen LogP contribution is -2.06. The Labute approximate surface area is 139 Å².